The number of aryl methyl sites for hydroxylation is 2. The number of rotatable bonds is 1. The molecule has 1 saturated heterocycles. The lowest BCUT2D eigenvalue weighted by atomic mass is 10.2. The molecule has 0 bridgehead atoms. The molecule has 0 amide bonds. The first-order valence-corrected chi connectivity index (χ1v) is 8.05. The Morgan fingerprint density at radius 2 is 1.71 bits per heavy atom. The van der Waals surface area contributed by atoms with Crippen molar-refractivity contribution in [3.63, 3.8) is 0 Å². The summed E-state index contributed by atoms with van der Waals surface area (Å²) in [7, 11) is 0. The molecular weight excluding hydrogens is 183 g/mol. The van der Waals surface area contributed by atoms with E-state index in [1.165, 1.54) is 24.8 Å². The second-order valence-corrected chi connectivity index (χ2v) is 7.87. The number of hydrogen-bond donors (Lipinski definition) is 0. The van der Waals surface area contributed by atoms with Crippen molar-refractivity contribution in [2.75, 3.05) is 0 Å². The minimum atomic E-state index is -0.544. The summed E-state index contributed by atoms with van der Waals surface area (Å²) in [6.45, 7) is 4.49. The summed E-state index contributed by atoms with van der Waals surface area (Å²) in [6.07, 6.45) is 4.46. The molecule has 1 heteroatoms. The van der Waals surface area contributed by atoms with Crippen LogP contribution >= 0.6 is 0 Å². The molecular formula is C13H19Al. The van der Waals surface area contributed by atoms with E-state index in [0.29, 0.717) is 0 Å². The summed E-state index contributed by atoms with van der Waals surface area (Å²) < 4.78 is 1.75. The standard InChI is InChI=1S/C8H9.C5H10.Al/c1-7-4-3-5-8(2)6-7;1-3-5-4-2;/h3-4,6H,1-2H3;1-5H2;. The van der Waals surface area contributed by atoms with Crippen molar-refractivity contribution in [1.82, 2.24) is 0 Å². The first-order valence-electron chi connectivity index (χ1n) is 5.84. The quantitative estimate of drug-likeness (QED) is 0.613. The predicted octanol–water partition coefficient (Wildman–Crippen LogP) is 3.19. The molecule has 1 heterocycles. The smallest absolute Gasteiger partial charge is 0.108 e. The van der Waals surface area contributed by atoms with E-state index in [0.717, 1.165) is 0 Å². The Morgan fingerprint density at radius 3 is 2.36 bits per heavy atom. The summed E-state index contributed by atoms with van der Waals surface area (Å²) in [5.41, 5.74) is 2.97. The van der Waals surface area contributed by atoms with Crippen LogP contribution in [0.25, 0.3) is 0 Å². The van der Waals surface area contributed by atoms with Crippen LogP contribution in [0.15, 0.2) is 18.2 Å². The SMILES string of the molecule is Cc1cc[c]([Al]2[CH2]CCC[CH2]2)c(C)c1. The zero-order chi connectivity index (χ0) is 9.97. The van der Waals surface area contributed by atoms with Gasteiger partial charge in [-0.15, -0.1) is 4.43 Å². The summed E-state index contributed by atoms with van der Waals surface area (Å²) in [4.78, 5) is 0. The Labute approximate surface area is 91.7 Å². The van der Waals surface area contributed by atoms with E-state index in [1.54, 1.807) is 20.6 Å². The van der Waals surface area contributed by atoms with Gasteiger partial charge in [0.25, 0.3) is 0 Å². The third-order valence-electron chi connectivity index (χ3n) is 3.47. The minimum absolute atomic E-state index is 0.544. The second kappa shape index (κ2) is 4.51. The van der Waals surface area contributed by atoms with Crippen molar-refractivity contribution in [3.05, 3.63) is 29.3 Å². The Balaban J connectivity index is 2.22. The minimum Gasteiger partial charge on any atom is -0.108 e. The highest BCUT2D eigenvalue weighted by Gasteiger charge is 2.23. The van der Waals surface area contributed by atoms with Crippen LogP contribution in [0.5, 0.6) is 0 Å². The third kappa shape index (κ3) is 2.22. The van der Waals surface area contributed by atoms with Crippen LogP contribution in [0.2, 0.25) is 10.6 Å². The van der Waals surface area contributed by atoms with Gasteiger partial charge in [0.05, 0.1) is 0 Å². The molecule has 0 atom stereocenters. The molecule has 0 nitrogen and oxygen atoms in total. The van der Waals surface area contributed by atoms with Crippen LogP contribution in [0.4, 0.5) is 0 Å². The van der Waals surface area contributed by atoms with Crippen molar-refractivity contribution in [2.24, 2.45) is 0 Å². The molecule has 1 aromatic rings. The van der Waals surface area contributed by atoms with E-state index in [2.05, 4.69) is 32.0 Å². The average Bonchev–Trinajstić information content (AvgIpc) is 2.19. The molecule has 1 fully saturated rings. The zero-order valence-corrected chi connectivity index (χ0v) is 10.5. The van der Waals surface area contributed by atoms with Crippen LogP contribution < -0.4 is 4.43 Å². The molecule has 1 aliphatic rings. The van der Waals surface area contributed by atoms with Crippen molar-refractivity contribution >= 4 is 18.6 Å². The number of benzene rings is 1. The van der Waals surface area contributed by atoms with Crippen LogP contribution in [-0.4, -0.2) is 14.1 Å². The van der Waals surface area contributed by atoms with E-state index in [-0.39, 0.29) is 0 Å². The maximum Gasteiger partial charge on any atom is 0.306 e. The molecule has 0 aromatic heterocycles. The fourth-order valence-electron chi connectivity index (χ4n) is 2.70. The van der Waals surface area contributed by atoms with E-state index in [1.807, 2.05) is 0 Å². The summed E-state index contributed by atoms with van der Waals surface area (Å²) in [5.74, 6) is 0. The Morgan fingerprint density at radius 1 is 1.00 bits per heavy atom. The van der Waals surface area contributed by atoms with E-state index in [4.69, 9.17) is 0 Å². The molecule has 74 valence electrons. The Bertz CT molecular complexity index is 311. The van der Waals surface area contributed by atoms with Gasteiger partial charge in [0.2, 0.25) is 0 Å². The summed E-state index contributed by atoms with van der Waals surface area (Å²) in [5, 5.41) is 3.09. The predicted molar refractivity (Wildman–Crippen MR) is 64.8 cm³/mol. The molecule has 0 aliphatic carbocycles. The molecule has 0 unspecified atom stereocenters. The van der Waals surface area contributed by atoms with Crippen LogP contribution in [-0.2, 0) is 0 Å². The third-order valence-corrected chi connectivity index (χ3v) is 7.21. The van der Waals surface area contributed by atoms with Gasteiger partial charge in [-0.1, -0.05) is 59.2 Å². The van der Waals surface area contributed by atoms with Gasteiger partial charge in [0, 0.05) is 0 Å². The highest BCUT2D eigenvalue weighted by atomic mass is 27.2. The normalized spacial score (nSPS) is 17.1. The van der Waals surface area contributed by atoms with Gasteiger partial charge < -0.3 is 0 Å². The van der Waals surface area contributed by atoms with Gasteiger partial charge in [0.1, 0.15) is 0 Å². The topological polar surface area (TPSA) is 0 Å². The van der Waals surface area contributed by atoms with Crippen LogP contribution in [0, 0.1) is 13.8 Å². The largest absolute Gasteiger partial charge is 0.306 e. The van der Waals surface area contributed by atoms with Gasteiger partial charge in [-0.2, -0.15) is 0 Å². The maximum atomic E-state index is 2.41. The maximum absolute atomic E-state index is 2.41. The van der Waals surface area contributed by atoms with Gasteiger partial charge in [-0.3, -0.25) is 0 Å². The van der Waals surface area contributed by atoms with Gasteiger partial charge in [-0.25, -0.2) is 0 Å². The lowest BCUT2D eigenvalue weighted by molar-refractivity contribution is 0.727. The zero-order valence-electron chi connectivity index (χ0n) is 9.34. The monoisotopic (exact) mass is 202 g/mol. The Kier molecular flexibility index (Phi) is 3.31. The molecule has 2 rings (SSSR count). The Hall–Kier alpha value is -0.248. The molecule has 0 spiro atoms. The molecule has 0 saturated carbocycles. The fourth-order valence-corrected chi connectivity index (χ4v) is 6.27. The molecule has 14 heavy (non-hydrogen) atoms. The van der Waals surface area contributed by atoms with Gasteiger partial charge >= 0.3 is 14.1 Å². The first-order chi connectivity index (χ1) is 6.77. The second-order valence-electron chi connectivity index (χ2n) is 4.69. The molecule has 0 radical (unpaired) electrons. The average molecular weight is 202 g/mol. The first kappa shape index (κ1) is 10.3. The summed E-state index contributed by atoms with van der Waals surface area (Å²) in [6, 6.07) is 7.06. The van der Waals surface area contributed by atoms with E-state index < -0.39 is 14.1 Å². The lowest BCUT2D eigenvalue weighted by Crippen LogP contribution is -2.33. The summed E-state index contributed by atoms with van der Waals surface area (Å²) >= 11 is -0.544. The highest BCUT2D eigenvalue weighted by Crippen LogP contribution is 2.19. The van der Waals surface area contributed by atoms with Gasteiger partial charge in [-0.05, 0) is 13.8 Å². The van der Waals surface area contributed by atoms with Crippen molar-refractivity contribution < 1.29 is 0 Å². The van der Waals surface area contributed by atoms with Crippen LogP contribution in [0.3, 0.4) is 0 Å². The van der Waals surface area contributed by atoms with Crippen molar-refractivity contribution in [2.45, 2.75) is 43.7 Å². The highest BCUT2D eigenvalue weighted by molar-refractivity contribution is 6.73. The number of hydrogen-bond acceptors (Lipinski definition) is 0. The van der Waals surface area contributed by atoms with E-state index in [9.17, 15) is 0 Å². The molecule has 1 aliphatic heterocycles. The lowest BCUT2D eigenvalue weighted by Gasteiger charge is -2.19. The molecule has 1 aromatic carbocycles. The van der Waals surface area contributed by atoms with E-state index >= 15 is 0 Å². The van der Waals surface area contributed by atoms with Crippen LogP contribution in [0.1, 0.15) is 30.4 Å². The molecule has 0 N–H and O–H groups in total. The van der Waals surface area contributed by atoms with Crippen molar-refractivity contribution in [1.29, 1.82) is 0 Å². The fraction of sp³-hybridized carbons (Fsp3) is 0.538. The van der Waals surface area contributed by atoms with Crippen molar-refractivity contribution in [3.8, 4) is 0 Å². The van der Waals surface area contributed by atoms with Gasteiger partial charge in [0.15, 0.2) is 0 Å².